The Kier molecular flexibility index (Phi) is 4.86. The molecule has 27 heavy (non-hydrogen) atoms. The zero-order valence-corrected chi connectivity index (χ0v) is 14.9. The van der Waals surface area contributed by atoms with Crippen molar-refractivity contribution in [2.75, 3.05) is 0 Å². The number of rotatable bonds is 5. The number of aromatic nitrogens is 3. The van der Waals surface area contributed by atoms with E-state index in [0.29, 0.717) is 24.0 Å². The van der Waals surface area contributed by atoms with Gasteiger partial charge in [-0.25, -0.2) is 4.79 Å². The summed E-state index contributed by atoms with van der Waals surface area (Å²) in [6.45, 7) is 0.320. The number of hydrogen-bond donors (Lipinski definition) is 2. The summed E-state index contributed by atoms with van der Waals surface area (Å²) in [5.41, 5.74) is 0.178. The van der Waals surface area contributed by atoms with E-state index in [9.17, 15) is 4.79 Å². The molecule has 1 aliphatic rings. The third-order valence-electron chi connectivity index (χ3n) is 4.84. The summed E-state index contributed by atoms with van der Waals surface area (Å²) in [6.07, 6.45) is 9.58. The van der Waals surface area contributed by atoms with Crippen LogP contribution in [0.5, 0.6) is 0 Å². The Hall–Kier alpha value is -3.16. The van der Waals surface area contributed by atoms with E-state index in [1.807, 2.05) is 18.2 Å². The van der Waals surface area contributed by atoms with E-state index in [1.54, 1.807) is 24.7 Å². The first-order valence-electron chi connectivity index (χ1n) is 9.08. The highest BCUT2D eigenvalue weighted by atomic mass is 16.5. The van der Waals surface area contributed by atoms with Crippen molar-refractivity contribution in [3.8, 4) is 11.4 Å². The molecule has 0 radical (unpaired) electrons. The second-order valence-corrected chi connectivity index (χ2v) is 6.69. The largest absolute Gasteiger partial charge is 0.467 e. The van der Waals surface area contributed by atoms with Crippen LogP contribution >= 0.6 is 0 Å². The van der Waals surface area contributed by atoms with E-state index in [4.69, 9.17) is 8.94 Å². The molecule has 0 aliphatic heterocycles. The van der Waals surface area contributed by atoms with Gasteiger partial charge in [-0.2, -0.15) is 4.98 Å². The SMILES string of the molecule is O=C(NCc1ccco1)NC1(c2nc(-c3ccncc3)no2)CCCCC1. The lowest BCUT2D eigenvalue weighted by atomic mass is 9.81. The second-order valence-electron chi connectivity index (χ2n) is 6.69. The van der Waals surface area contributed by atoms with Crippen LogP contribution in [0.4, 0.5) is 4.79 Å². The normalized spacial score (nSPS) is 16.0. The fourth-order valence-corrected chi connectivity index (χ4v) is 3.43. The molecule has 2 N–H and O–H groups in total. The van der Waals surface area contributed by atoms with Gasteiger partial charge in [0.15, 0.2) is 0 Å². The highest BCUT2D eigenvalue weighted by Crippen LogP contribution is 2.37. The van der Waals surface area contributed by atoms with Crippen LogP contribution < -0.4 is 10.6 Å². The van der Waals surface area contributed by atoms with Gasteiger partial charge >= 0.3 is 6.03 Å². The molecule has 1 saturated carbocycles. The lowest BCUT2D eigenvalue weighted by Gasteiger charge is -2.34. The topological polar surface area (TPSA) is 106 Å². The molecule has 4 rings (SSSR count). The Balaban J connectivity index is 1.52. The molecule has 0 spiro atoms. The first kappa shape index (κ1) is 17.3. The van der Waals surface area contributed by atoms with Gasteiger partial charge in [-0.15, -0.1) is 0 Å². The Labute approximate surface area is 156 Å². The van der Waals surface area contributed by atoms with Gasteiger partial charge in [0.05, 0.1) is 12.8 Å². The molecule has 1 fully saturated rings. The minimum atomic E-state index is -0.649. The van der Waals surface area contributed by atoms with Gasteiger partial charge in [0.2, 0.25) is 5.82 Å². The van der Waals surface area contributed by atoms with Gasteiger partial charge in [0.1, 0.15) is 11.3 Å². The molecule has 1 aliphatic carbocycles. The summed E-state index contributed by atoms with van der Waals surface area (Å²) >= 11 is 0. The average Bonchev–Trinajstić information content (AvgIpc) is 3.40. The van der Waals surface area contributed by atoms with Crippen LogP contribution in [0.3, 0.4) is 0 Å². The van der Waals surface area contributed by atoms with E-state index < -0.39 is 5.54 Å². The Morgan fingerprint density at radius 2 is 1.96 bits per heavy atom. The zero-order chi connectivity index (χ0) is 18.5. The molecule has 8 heteroatoms. The molecule has 2 amide bonds. The third-order valence-corrected chi connectivity index (χ3v) is 4.84. The van der Waals surface area contributed by atoms with Crippen molar-refractivity contribution in [2.24, 2.45) is 0 Å². The van der Waals surface area contributed by atoms with Crippen LogP contribution in [0.25, 0.3) is 11.4 Å². The van der Waals surface area contributed by atoms with Crippen molar-refractivity contribution in [1.82, 2.24) is 25.8 Å². The second kappa shape index (κ2) is 7.61. The maximum Gasteiger partial charge on any atom is 0.316 e. The molecule has 3 aromatic rings. The molecule has 0 unspecified atom stereocenters. The number of nitrogens with one attached hydrogen (secondary N) is 2. The molecule has 8 nitrogen and oxygen atoms in total. The van der Waals surface area contributed by atoms with Crippen LogP contribution in [0, 0.1) is 0 Å². The summed E-state index contributed by atoms with van der Waals surface area (Å²) in [5.74, 6) is 1.64. The quantitative estimate of drug-likeness (QED) is 0.716. The number of carbonyl (C=O) groups is 1. The number of carbonyl (C=O) groups excluding carboxylic acids is 1. The minimum Gasteiger partial charge on any atom is -0.467 e. The number of furan rings is 1. The van der Waals surface area contributed by atoms with E-state index in [2.05, 4.69) is 25.8 Å². The van der Waals surface area contributed by atoms with E-state index in [1.165, 1.54) is 0 Å². The molecule has 3 heterocycles. The van der Waals surface area contributed by atoms with Crippen molar-refractivity contribution in [3.05, 3.63) is 54.6 Å². The maximum absolute atomic E-state index is 12.5. The standard InChI is InChI=1S/C19H21N5O3/c25-18(21-13-15-5-4-12-26-15)23-19(8-2-1-3-9-19)17-22-16(24-27-17)14-6-10-20-11-7-14/h4-7,10-12H,1-3,8-9,13H2,(H2,21,23,25). The molecule has 0 saturated heterocycles. The van der Waals surface area contributed by atoms with Gasteiger partial charge in [0.25, 0.3) is 5.89 Å². The predicted octanol–water partition coefficient (Wildman–Crippen LogP) is 3.38. The van der Waals surface area contributed by atoms with Gasteiger partial charge in [-0.3, -0.25) is 4.98 Å². The van der Waals surface area contributed by atoms with Crippen LogP contribution in [-0.4, -0.2) is 21.2 Å². The fraction of sp³-hybridized carbons (Fsp3) is 0.368. The smallest absolute Gasteiger partial charge is 0.316 e. The molecular formula is C19H21N5O3. The van der Waals surface area contributed by atoms with E-state index in [-0.39, 0.29) is 6.03 Å². The summed E-state index contributed by atoms with van der Waals surface area (Å²) in [5, 5.41) is 10.00. The molecule has 0 aromatic carbocycles. The summed E-state index contributed by atoms with van der Waals surface area (Å²) in [4.78, 5) is 21.1. The van der Waals surface area contributed by atoms with Gasteiger partial charge in [0, 0.05) is 18.0 Å². The minimum absolute atomic E-state index is 0.281. The highest BCUT2D eigenvalue weighted by molar-refractivity contribution is 5.74. The number of urea groups is 1. The van der Waals surface area contributed by atoms with Crippen LogP contribution in [0.2, 0.25) is 0 Å². The van der Waals surface area contributed by atoms with E-state index in [0.717, 1.165) is 37.7 Å². The van der Waals surface area contributed by atoms with Gasteiger partial charge in [-0.1, -0.05) is 24.4 Å². The summed E-state index contributed by atoms with van der Waals surface area (Å²) in [7, 11) is 0. The summed E-state index contributed by atoms with van der Waals surface area (Å²) in [6, 6.07) is 6.97. The zero-order valence-electron chi connectivity index (χ0n) is 14.9. The Morgan fingerprint density at radius 3 is 2.70 bits per heavy atom. The predicted molar refractivity (Wildman–Crippen MR) is 96.4 cm³/mol. The number of pyridine rings is 1. The van der Waals surface area contributed by atoms with Crippen molar-refractivity contribution in [3.63, 3.8) is 0 Å². The van der Waals surface area contributed by atoms with Gasteiger partial charge < -0.3 is 19.6 Å². The highest BCUT2D eigenvalue weighted by Gasteiger charge is 2.40. The van der Waals surface area contributed by atoms with E-state index >= 15 is 0 Å². The maximum atomic E-state index is 12.5. The first-order chi connectivity index (χ1) is 13.3. The van der Waals surface area contributed by atoms with Crippen molar-refractivity contribution < 1.29 is 13.7 Å². The number of hydrogen-bond acceptors (Lipinski definition) is 6. The molecule has 0 bridgehead atoms. The summed E-state index contributed by atoms with van der Waals surface area (Å²) < 4.78 is 10.8. The van der Waals surface area contributed by atoms with Crippen LogP contribution in [0.1, 0.15) is 43.8 Å². The lowest BCUT2D eigenvalue weighted by Crippen LogP contribution is -2.51. The first-order valence-corrected chi connectivity index (χ1v) is 9.08. The Morgan fingerprint density at radius 1 is 1.15 bits per heavy atom. The number of nitrogens with zero attached hydrogens (tertiary/aromatic N) is 3. The van der Waals surface area contributed by atoms with Crippen molar-refractivity contribution in [1.29, 1.82) is 0 Å². The van der Waals surface area contributed by atoms with Gasteiger partial charge in [-0.05, 0) is 37.1 Å². The lowest BCUT2D eigenvalue weighted by molar-refractivity contribution is 0.167. The third kappa shape index (κ3) is 3.84. The fourth-order valence-electron chi connectivity index (χ4n) is 3.43. The average molecular weight is 367 g/mol. The molecule has 3 aromatic heterocycles. The molecular weight excluding hydrogens is 346 g/mol. The molecule has 0 atom stereocenters. The van der Waals surface area contributed by atoms with Crippen LogP contribution in [0.15, 0.2) is 51.9 Å². The Bertz CT molecular complexity index is 870. The van der Waals surface area contributed by atoms with Crippen molar-refractivity contribution in [2.45, 2.75) is 44.2 Å². The number of amides is 2. The monoisotopic (exact) mass is 367 g/mol. The van der Waals surface area contributed by atoms with Crippen LogP contribution in [-0.2, 0) is 12.1 Å². The van der Waals surface area contributed by atoms with Crippen molar-refractivity contribution >= 4 is 6.03 Å². The molecule has 140 valence electrons.